The molecule has 5 nitrogen and oxygen atoms in total. The van der Waals surface area contributed by atoms with Gasteiger partial charge in [0, 0.05) is 59.6 Å². The normalized spacial score (nSPS) is 22.2. The van der Waals surface area contributed by atoms with Crippen molar-refractivity contribution in [3.63, 3.8) is 0 Å². The first-order chi connectivity index (χ1) is 16.9. The molecule has 2 aromatic heterocycles. The first-order valence-electron chi connectivity index (χ1n) is 13.4. The summed E-state index contributed by atoms with van der Waals surface area (Å²) < 4.78 is 2.46. The highest BCUT2D eigenvalue weighted by Gasteiger charge is 2.42. The molecule has 5 rings (SSSR count). The monoisotopic (exact) mass is 472 g/mol. The smallest absolute Gasteiger partial charge is 0.224 e. The summed E-state index contributed by atoms with van der Waals surface area (Å²) >= 11 is 0. The van der Waals surface area contributed by atoms with E-state index in [4.69, 9.17) is 0 Å². The van der Waals surface area contributed by atoms with E-state index >= 15 is 0 Å². The number of piperidine rings is 1. The van der Waals surface area contributed by atoms with Crippen molar-refractivity contribution in [2.24, 2.45) is 5.92 Å². The van der Waals surface area contributed by atoms with E-state index in [-0.39, 0.29) is 17.4 Å². The number of carbonyl (C=O) groups excluding carboxylic acids is 1. The lowest BCUT2D eigenvalue weighted by atomic mass is 9.72. The van der Waals surface area contributed by atoms with Gasteiger partial charge in [0.2, 0.25) is 5.91 Å². The fraction of sp³-hybridized carbons (Fsp3) is 0.533. The Morgan fingerprint density at radius 1 is 1.20 bits per heavy atom. The highest BCUT2D eigenvalue weighted by atomic mass is 16.2. The molecule has 3 atom stereocenters. The van der Waals surface area contributed by atoms with Crippen LogP contribution in [0, 0.1) is 5.92 Å². The number of amides is 1. The number of fused-ring (bicyclic) bond motifs is 2. The fourth-order valence-electron chi connectivity index (χ4n) is 6.31. The van der Waals surface area contributed by atoms with Gasteiger partial charge in [-0.1, -0.05) is 31.5 Å². The summed E-state index contributed by atoms with van der Waals surface area (Å²) in [6, 6.07) is 13.3. The van der Waals surface area contributed by atoms with Gasteiger partial charge < -0.3 is 14.8 Å². The van der Waals surface area contributed by atoms with Crippen LogP contribution in [-0.2, 0) is 24.2 Å². The van der Waals surface area contributed by atoms with Gasteiger partial charge in [-0.15, -0.1) is 0 Å². The quantitative estimate of drug-likeness (QED) is 0.482. The topological polar surface area (TPSA) is 50.2 Å². The summed E-state index contributed by atoms with van der Waals surface area (Å²) in [6.45, 7) is 8.43. The first-order valence-corrected chi connectivity index (χ1v) is 13.4. The maximum absolute atomic E-state index is 13.5. The van der Waals surface area contributed by atoms with Crippen LogP contribution in [0.3, 0.4) is 0 Å². The van der Waals surface area contributed by atoms with Crippen LogP contribution in [0.4, 0.5) is 0 Å². The molecule has 0 bridgehead atoms. The molecule has 1 fully saturated rings. The number of nitrogens with zero attached hydrogens (tertiary/aromatic N) is 3. The van der Waals surface area contributed by atoms with Crippen molar-refractivity contribution in [1.82, 2.24) is 19.8 Å². The van der Waals surface area contributed by atoms with E-state index in [0.29, 0.717) is 12.0 Å². The molecule has 0 radical (unpaired) electrons. The minimum atomic E-state index is -0.264. The first kappa shape index (κ1) is 24.1. The van der Waals surface area contributed by atoms with Gasteiger partial charge in [0.15, 0.2) is 0 Å². The van der Waals surface area contributed by atoms with E-state index in [1.165, 1.54) is 34.9 Å². The Balaban J connectivity index is 1.32. The summed E-state index contributed by atoms with van der Waals surface area (Å²) in [5.74, 6) is 0.605. The lowest BCUT2D eigenvalue weighted by molar-refractivity contribution is -0.129. The Hall–Kier alpha value is -2.66. The number of aryl methyl sites for hydroxylation is 2. The Morgan fingerprint density at radius 3 is 2.83 bits per heavy atom. The average molecular weight is 473 g/mol. The summed E-state index contributed by atoms with van der Waals surface area (Å²) in [4.78, 5) is 20.4. The molecule has 0 saturated carbocycles. The van der Waals surface area contributed by atoms with Crippen molar-refractivity contribution in [1.29, 1.82) is 0 Å². The predicted molar refractivity (Wildman–Crippen MR) is 143 cm³/mol. The van der Waals surface area contributed by atoms with Crippen LogP contribution in [-0.4, -0.2) is 45.5 Å². The van der Waals surface area contributed by atoms with Gasteiger partial charge in [0.25, 0.3) is 0 Å². The molecule has 2 aliphatic rings. The molecule has 1 amide bonds. The number of hydrogen-bond donors (Lipinski definition) is 1. The van der Waals surface area contributed by atoms with Crippen LogP contribution in [0.5, 0.6) is 0 Å². The largest absolute Gasteiger partial charge is 0.351 e. The Bertz CT molecular complexity index is 1180. The zero-order valence-electron chi connectivity index (χ0n) is 21.8. The molecule has 1 unspecified atom stereocenters. The standard InChI is InChI=1S/C30H40N4O/c1-5-6-16-34-20-21-18-27-25(24-11-9-12-26(34)28(21)24)17-22(19-33(27)4)29(35)32-30(2,3)14-13-23-10-7-8-15-31-23/h7-12,15,20,22,25,27H,5-6,13-14,16-19H2,1-4H3,(H,32,35)/t22?,25-,27-/m1/s1. The zero-order chi connectivity index (χ0) is 24.6. The molecule has 1 N–H and O–H groups in total. The number of benzene rings is 1. The van der Waals surface area contributed by atoms with Gasteiger partial charge in [-0.25, -0.2) is 0 Å². The van der Waals surface area contributed by atoms with Gasteiger partial charge >= 0.3 is 0 Å². The van der Waals surface area contributed by atoms with E-state index in [9.17, 15) is 4.79 Å². The molecular weight excluding hydrogens is 432 g/mol. The lowest BCUT2D eigenvalue weighted by Crippen LogP contribution is -2.54. The molecular formula is C30H40N4O. The summed E-state index contributed by atoms with van der Waals surface area (Å²) in [6.07, 6.45) is 10.4. The Labute approximate surface area is 209 Å². The Kier molecular flexibility index (Phi) is 6.71. The lowest BCUT2D eigenvalue weighted by Gasteiger charge is -2.45. The molecule has 3 aromatic rings. The van der Waals surface area contributed by atoms with Gasteiger partial charge in [-0.2, -0.15) is 0 Å². The van der Waals surface area contributed by atoms with Crippen molar-refractivity contribution in [2.45, 2.75) is 83.3 Å². The van der Waals surface area contributed by atoms with Crippen LogP contribution in [0.25, 0.3) is 10.9 Å². The number of likely N-dealkylation sites (tertiary alicyclic amines) is 1. The summed E-state index contributed by atoms with van der Waals surface area (Å²) in [5, 5.41) is 4.84. The minimum absolute atomic E-state index is 0.00867. The molecule has 3 heterocycles. The van der Waals surface area contributed by atoms with Gasteiger partial charge in [-0.3, -0.25) is 9.78 Å². The van der Waals surface area contributed by atoms with E-state index in [1.54, 1.807) is 0 Å². The molecule has 5 heteroatoms. The zero-order valence-corrected chi connectivity index (χ0v) is 21.8. The maximum atomic E-state index is 13.5. The van der Waals surface area contributed by atoms with Crippen LogP contribution in [0.1, 0.15) is 69.2 Å². The minimum Gasteiger partial charge on any atom is -0.351 e. The number of pyridine rings is 1. The second-order valence-corrected chi connectivity index (χ2v) is 11.4. The number of carbonyl (C=O) groups is 1. The van der Waals surface area contributed by atoms with Crippen molar-refractivity contribution in [2.75, 3.05) is 13.6 Å². The van der Waals surface area contributed by atoms with E-state index < -0.39 is 0 Å². The summed E-state index contributed by atoms with van der Waals surface area (Å²) in [7, 11) is 2.21. The third-order valence-electron chi connectivity index (χ3n) is 8.24. The number of hydrogen-bond acceptors (Lipinski definition) is 3. The van der Waals surface area contributed by atoms with Crippen molar-refractivity contribution in [3.8, 4) is 0 Å². The van der Waals surface area contributed by atoms with E-state index in [0.717, 1.165) is 44.5 Å². The highest BCUT2D eigenvalue weighted by molar-refractivity contribution is 5.89. The highest BCUT2D eigenvalue weighted by Crippen LogP contribution is 2.45. The van der Waals surface area contributed by atoms with Crippen LogP contribution in [0.15, 0.2) is 48.8 Å². The van der Waals surface area contributed by atoms with Crippen molar-refractivity contribution in [3.05, 3.63) is 65.6 Å². The second-order valence-electron chi connectivity index (χ2n) is 11.4. The molecule has 0 spiro atoms. The predicted octanol–water partition coefficient (Wildman–Crippen LogP) is 5.32. The van der Waals surface area contributed by atoms with Crippen LogP contribution >= 0.6 is 0 Å². The van der Waals surface area contributed by atoms with Crippen LogP contribution in [0.2, 0.25) is 0 Å². The SMILES string of the molecule is CCCCn1cc2c3c(cccc31)[C@H]1CC(C(=O)NC(C)(C)CCc3ccccn3)CN(C)[C@@H]1C2. The number of aromatic nitrogens is 2. The molecule has 35 heavy (non-hydrogen) atoms. The van der Waals surface area contributed by atoms with Crippen molar-refractivity contribution < 1.29 is 4.79 Å². The molecule has 1 aliphatic heterocycles. The number of unbranched alkanes of at least 4 members (excludes halogenated alkanes) is 1. The average Bonchev–Trinajstić information content (AvgIpc) is 3.21. The second kappa shape index (κ2) is 9.77. The fourth-order valence-corrected chi connectivity index (χ4v) is 6.31. The van der Waals surface area contributed by atoms with E-state index in [2.05, 4.69) is 78.0 Å². The molecule has 186 valence electrons. The molecule has 1 saturated heterocycles. The van der Waals surface area contributed by atoms with Crippen LogP contribution < -0.4 is 5.32 Å². The number of nitrogens with one attached hydrogen (secondary N) is 1. The molecule has 1 aromatic carbocycles. The van der Waals surface area contributed by atoms with E-state index in [1.807, 2.05) is 18.3 Å². The van der Waals surface area contributed by atoms with Gasteiger partial charge in [0.1, 0.15) is 0 Å². The van der Waals surface area contributed by atoms with Gasteiger partial charge in [-0.05, 0) is 82.3 Å². The van der Waals surface area contributed by atoms with Gasteiger partial charge in [0.05, 0.1) is 5.92 Å². The maximum Gasteiger partial charge on any atom is 0.224 e. The molecule has 1 aliphatic carbocycles. The number of likely N-dealkylation sites (N-methyl/N-ethyl adjacent to an activating group) is 1. The number of rotatable bonds is 8. The van der Waals surface area contributed by atoms with Crippen molar-refractivity contribution >= 4 is 16.8 Å². The summed E-state index contributed by atoms with van der Waals surface area (Å²) in [5.41, 5.74) is 5.11. The Morgan fingerprint density at radius 2 is 2.06 bits per heavy atom. The third kappa shape index (κ3) is 4.88. The third-order valence-corrected chi connectivity index (χ3v) is 8.24.